The molecule has 5 aliphatic heterocycles. The summed E-state index contributed by atoms with van der Waals surface area (Å²) in [4.78, 5) is 49.5. The third kappa shape index (κ3) is 16.3. The van der Waals surface area contributed by atoms with Crippen molar-refractivity contribution in [1.82, 2.24) is 16.0 Å². The number of hydrogen-bond acceptors (Lipinski definition) is 32. The van der Waals surface area contributed by atoms with Crippen LogP contribution in [-0.4, -0.2) is 346 Å². The molecule has 5 saturated heterocycles. The zero-order valence-electron chi connectivity index (χ0n) is 45.8. The molecule has 21 N–H and O–H groups in total. The molecule has 5 fully saturated rings. The fourth-order valence-electron chi connectivity index (χ4n) is 10.2. The van der Waals surface area contributed by atoms with Gasteiger partial charge in [0.2, 0.25) is 17.7 Å². The molecule has 0 bridgehead atoms. The molecule has 5 heterocycles. The van der Waals surface area contributed by atoms with E-state index in [4.69, 9.17) is 52.1 Å². The molecule has 0 radical (unpaired) electrons. The Labute approximate surface area is 477 Å². The highest BCUT2D eigenvalue weighted by Crippen LogP contribution is 2.38. The van der Waals surface area contributed by atoms with Crippen LogP contribution in [0.4, 0.5) is 4.39 Å². The van der Waals surface area contributed by atoms with Gasteiger partial charge in [-0.1, -0.05) is 6.92 Å². The zero-order valence-corrected chi connectivity index (χ0v) is 45.8. The first kappa shape index (κ1) is 71.4. The number of hydrogen-bond donors (Lipinski definition) is 21. The van der Waals surface area contributed by atoms with Gasteiger partial charge in [0.1, 0.15) is 135 Å². The number of alkyl halides is 1. The molecule has 0 aromatic carbocycles. The summed E-state index contributed by atoms with van der Waals surface area (Å²) < 4.78 is 76.0. The van der Waals surface area contributed by atoms with Gasteiger partial charge in [0.05, 0.1) is 44.7 Å². The van der Waals surface area contributed by atoms with Crippen LogP contribution in [0.2, 0.25) is 0 Å². The van der Waals surface area contributed by atoms with Gasteiger partial charge in [-0.2, -0.15) is 0 Å². The molecule has 0 spiro atoms. The number of halogens is 1. The maximum Gasteiger partial charge on any atom is 0.364 e. The molecule has 36 nitrogen and oxygen atoms in total. The molecular formula is C47H80FN3O33. The normalized spacial score (nSPS) is 41.9. The summed E-state index contributed by atoms with van der Waals surface area (Å²) in [6, 6.07) is -5.01. The van der Waals surface area contributed by atoms with Gasteiger partial charge in [-0.25, -0.2) is 9.18 Å². The second-order valence-electron chi connectivity index (χ2n) is 20.9. The minimum absolute atomic E-state index is 0.685. The van der Waals surface area contributed by atoms with Crippen molar-refractivity contribution in [1.29, 1.82) is 0 Å². The molecule has 0 saturated carbocycles. The molecule has 5 rings (SSSR count). The number of aliphatic carboxylic acids is 1. The smallest absolute Gasteiger partial charge is 0.364 e. The first-order valence-corrected chi connectivity index (χ1v) is 26.4. The Hall–Kier alpha value is -3.31. The lowest BCUT2D eigenvalue weighted by Gasteiger charge is -2.50. The average Bonchev–Trinajstić information content (AvgIpc) is 1.54. The van der Waals surface area contributed by atoms with E-state index in [0.717, 1.165) is 27.9 Å². The van der Waals surface area contributed by atoms with Gasteiger partial charge >= 0.3 is 5.97 Å². The summed E-state index contributed by atoms with van der Waals surface area (Å²) >= 11 is 0. The minimum atomic E-state index is -3.05. The van der Waals surface area contributed by atoms with Crippen LogP contribution < -0.4 is 16.0 Å². The molecule has 37 heteroatoms. The van der Waals surface area contributed by atoms with Crippen molar-refractivity contribution in [3.8, 4) is 0 Å². The summed E-state index contributed by atoms with van der Waals surface area (Å²) in [5, 5.41) is 204. The highest BCUT2D eigenvalue weighted by molar-refractivity contribution is 5.77. The molecule has 84 heavy (non-hydrogen) atoms. The van der Waals surface area contributed by atoms with Crippen molar-refractivity contribution in [3.05, 3.63) is 0 Å². The van der Waals surface area contributed by atoms with Crippen molar-refractivity contribution < 1.29 is 168 Å². The van der Waals surface area contributed by atoms with Crippen molar-refractivity contribution in [2.75, 3.05) is 46.8 Å². The van der Waals surface area contributed by atoms with Crippen LogP contribution in [0.25, 0.3) is 0 Å². The molecular weight excluding hydrogens is 1150 g/mol. The molecule has 0 aliphatic carbocycles. The van der Waals surface area contributed by atoms with E-state index < -0.39 is 259 Å². The lowest BCUT2D eigenvalue weighted by Crippen LogP contribution is -2.70. The molecule has 0 aromatic heterocycles. The number of ether oxygens (including phenoxy) is 11. The predicted molar refractivity (Wildman–Crippen MR) is 261 cm³/mol. The van der Waals surface area contributed by atoms with E-state index in [2.05, 4.69) is 16.0 Å². The first-order valence-electron chi connectivity index (χ1n) is 26.4. The number of aliphatic hydroxyl groups is 17. The lowest BCUT2D eigenvalue weighted by atomic mass is 9.88. The van der Waals surface area contributed by atoms with Gasteiger partial charge in [0, 0.05) is 46.8 Å². The number of carboxylic acids is 1. The fourth-order valence-corrected chi connectivity index (χ4v) is 10.2. The van der Waals surface area contributed by atoms with E-state index in [0.29, 0.717) is 0 Å². The summed E-state index contributed by atoms with van der Waals surface area (Å²) in [5.74, 6) is -8.80. The Morgan fingerprint density at radius 3 is 1.63 bits per heavy atom. The van der Waals surface area contributed by atoms with Crippen LogP contribution in [0.1, 0.15) is 34.1 Å². The van der Waals surface area contributed by atoms with Crippen LogP contribution in [0.15, 0.2) is 0 Å². The van der Waals surface area contributed by atoms with E-state index in [9.17, 15) is 115 Å². The fraction of sp³-hybridized carbons (Fsp3) is 0.915. The van der Waals surface area contributed by atoms with E-state index in [1.165, 1.54) is 6.92 Å². The lowest BCUT2D eigenvalue weighted by molar-refractivity contribution is -0.384. The number of aliphatic hydroxyl groups excluding tert-OH is 17. The Kier molecular flexibility index (Phi) is 26.6. The topological polar surface area (TPSA) is 570 Å². The van der Waals surface area contributed by atoms with Gasteiger partial charge in [-0.3, -0.25) is 14.4 Å². The quantitative estimate of drug-likeness (QED) is 0.0340. The minimum Gasteiger partial charge on any atom is -0.477 e. The Morgan fingerprint density at radius 1 is 0.595 bits per heavy atom. The Balaban J connectivity index is 1.41. The highest BCUT2D eigenvalue weighted by atomic mass is 19.1. The van der Waals surface area contributed by atoms with Gasteiger partial charge in [0.25, 0.3) is 5.79 Å². The standard InChI is InChI=1S/C47H80FN3O33/c1-13(8-52)26(61)39(35(70)41(71)80-36-20(10-54)77-42(74-5)24(30(36)65)50-15(3)57)82-45-40(33(68)28(63)19(9-53)76-45)83-43-25(51-16(4)58)31(66)37(21(11-55)78-43)81-44-34(69)32(67)29(64)22(79-44)12-75-47(46(72)73)6-17(59)23(49-14(2)56)38(84-47)27(62)18(60)7-48/h13,17-45,52-55,59-71H,6-12H2,1-5H3,(H,49,56)(H,50,57)(H,51,58)(H,72,73)/t13?,17?,18?,19?,20?,21?,22?,23?,24?,25?,26?,27-,28?,29?,30?,31?,32?,33?,34?,35?,36?,37?,38?,39?,40?,41?,42?,43?,44?,45?,47?/m1/s1. The number of rotatable bonds is 27. The summed E-state index contributed by atoms with van der Waals surface area (Å²) in [5.41, 5.74) is 0. The third-order valence-corrected chi connectivity index (χ3v) is 14.8. The average molecular weight is 1230 g/mol. The number of nitrogens with one attached hydrogen (secondary N) is 3. The first-order chi connectivity index (χ1) is 39.4. The zero-order chi connectivity index (χ0) is 63.0. The van der Waals surface area contributed by atoms with Crippen molar-refractivity contribution in [2.24, 2.45) is 5.92 Å². The van der Waals surface area contributed by atoms with E-state index in [1.54, 1.807) is 0 Å². The molecule has 3 amide bonds. The van der Waals surface area contributed by atoms with E-state index >= 15 is 0 Å². The van der Waals surface area contributed by atoms with Gasteiger partial charge < -0.3 is 160 Å². The van der Waals surface area contributed by atoms with Crippen LogP contribution in [0.3, 0.4) is 0 Å². The molecule has 31 atom stereocenters. The Morgan fingerprint density at radius 2 is 1.10 bits per heavy atom. The number of carbonyl (C=O) groups is 4. The number of carboxylic acid groups (broad SMARTS) is 1. The monoisotopic (exact) mass is 1230 g/mol. The number of methoxy groups -OCH3 is 1. The SMILES string of the molecule is COC1OC(CO)C(OC(O)C(O)C(OC2OC(CO)C(O)C(O)C2OC2OC(CO)C(OC3OC(COC4(C(=O)O)CC(O)C(NC(C)=O)C([C@H](O)C(O)CF)O4)C(O)C(O)C3O)C(O)C2NC(C)=O)C(O)C(C)CO)C(O)C1NC(C)=O. The van der Waals surface area contributed by atoms with Crippen LogP contribution in [-0.2, 0) is 71.3 Å². The van der Waals surface area contributed by atoms with Crippen molar-refractivity contribution >= 4 is 23.7 Å². The highest BCUT2D eigenvalue weighted by Gasteiger charge is 2.59. The van der Waals surface area contributed by atoms with Crippen molar-refractivity contribution in [2.45, 2.75) is 218 Å². The molecule has 0 aromatic rings. The maximum atomic E-state index is 13.5. The van der Waals surface area contributed by atoms with Gasteiger partial charge in [-0.05, 0) is 0 Å². The second-order valence-corrected chi connectivity index (χ2v) is 20.9. The number of amides is 3. The van der Waals surface area contributed by atoms with Crippen LogP contribution >= 0.6 is 0 Å². The third-order valence-electron chi connectivity index (χ3n) is 14.8. The largest absolute Gasteiger partial charge is 0.477 e. The predicted octanol–water partition coefficient (Wildman–Crippen LogP) is -12.6. The molecule has 30 unspecified atom stereocenters. The van der Waals surface area contributed by atoms with E-state index in [-0.39, 0.29) is 0 Å². The van der Waals surface area contributed by atoms with E-state index in [1.807, 2.05) is 0 Å². The second kappa shape index (κ2) is 31.2. The summed E-state index contributed by atoms with van der Waals surface area (Å²) in [7, 11) is 1.15. The molecule has 488 valence electrons. The van der Waals surface area contributed by atoms with Crippen LogP contribution in [0, 0.1) is 5.92 Å². The summed E-state index contributed by atoms with van der Waals surface area (Å²) in [6.07, 6.45) is -55.4. The van der Waals surface area contributed by atoms with Gasteiger partial charge in [-0.15, -0.1) is 0 Å². The van der Waals surface area contributed by atoms with Crippen molar-refractivity contribution in [3.63, 3.8) is 0 Å². The molecule has 5 aliphatic rings. The summed E-state index contributed by atoms with van der Waals surface area (Å²) in [6.45, 7) is -2.53. The maximum absolute atomic E-state index is 13.5. The van der Waals surface area contributed by atoms with Crippen LogP contribution in [0.5, 0.6) is 0 Å². The number of carbonyl (C=O) groups excluding carboxylic acids is 3. The Bertz CT molecular complexity index is 2100. The van der Waals surface area contributed by atoms with Gasteiger partial charge in [0.15, 0.2) is 31.5 Å².